The molecule has 1 aliphatic heterocycles. The van der Waals surface area contributed by atoms with E-state index in [-0.39, 0.29) is 23.6 Å². The molecular formula is C19H23N3O3. The van der Waals surface area contributed by atoms with Gasteiger partial charge in [-0.2, -0.15) is 0 Å². The maximum absolute atomic E-state index is 12.7. The zero-order valence-corrected chi connectivity index (χ0v) is 14.0. The van der Waals surface area contributed by atoms with Crippen LogP contribution in [0.2, 0.25) is 0 Å². The molecule has 2 atom stereocenters. The van der Waals surface area contributed by atoms with Crippen LogP contribution in [-0.2, 0) is 11.2 Å². The average Bonchev–Trinajstić information content (AvgIpc) is 3.18. The topological polar surface area (TPSA) is 83.4 Å². The average molecular weight is 341 g/mol. The second-order valence-corrected chi connectivity index (χ2v) is 6.24. The van der Waals surface area contributed by atoms with Crippen LogP contribution in [0.5, 0.6) is 0 Å². The summed E-state index contributed by atoms with van der Waals surface area (Å²) in [4.78, 5) is 25.0. The molecule has 132 valence electrons. The van der Waals surface area contributed by atoms with E-state index in [0.29, 0.717) is 6.42 Å². The third-order valence-electron chi connectivity index (χ3n) is 4.29. The Morgan fingerprint density at radius 1 is 1.20 bits per heavy atom. The van der Waals surface area contributed by atoms with Gasteiger partial charge < -0.3 is 20.4 Å². The van der Waals surface area contributed by atoms with Gasteiger partial charge in [0.15, 0.2) is 5.76 Å². The highest BCUT2D eigenvalue weighted by atomic mass is 16.3. The third kappa shape index (κ3) is 4.93. The van der Waals surface area contributed by atoms with Gasteiger partial charge in [-0.3, -0.25) is 9.59 Å². The van der Waals surface area contributed by atoms with Gasteiger partial charge in [-0.1, -0.05) is 30.3 Å². The first kappa shape index (κ1) is 17.2. The molecule has 3 N–H and O–H groups in total. The molecule has 0 bridgehead atoms. The molecule has 2 amide bonds. The number of nitrogens with one attached hydrogen (secondary N) is 3. The molecule has 6 nitrogen and oxygen atoms in total. The highest BCUT2D eigenvalue weighted by Crippen LogP contribution is 2.08. The number of hydrogen-bond donors (Lipinski definition) is 3. The van der Waals surface area contributed by atoms with E-state index in [1.807, 2.05) is 30.3 Å². The van der Waals surface area contributed by atoms with Crippen LogP contribution < -0.4 is 16.0 Å². The number of furan rings is 1. The predicted molar refractivity (Wildman–Crippen MR) is 94.1 cm³/mol. The van der Waals surface area contributed by atoms with Crippen LogP contribution >= 0.6 is 0 Å². The highest BCUT2D eigenvalue weighted by Gasteiger charge is 2.25. The normalized spacial score (nSPS) is 18.3. The lowest BCUT2D eigenvalue weighted by atomic mass is 10.0. The molecule has 3 rings (SSSR count). The Morgan fingerprint density at radius 3 is 2.72 bits per heavy atom. The fourth-order valence-electron chi connectivity index (χ4n) is 2.97. The zero-order valence-electron chi connectivity index (χ0n) is 14.0. The minimum Gasteiger partial charge on any atom is -0.459 e. The van der Waals surface area contributed by atoms with E-state index in [9.17, 15) is 9.59 Å². The lowest BCUT2D eigenvalue weighted by molar-refractivity contribution is -0.123. The van der Waals surface area contributed by atoms with Crippen molar-refractivity contribution in [1.29, 1.82) is 0 Å². The fraction of sp³-hybridized carbons (Fsp3) is 0.368. The van der Waals surface area contributed by atoms with E-state index in [1.54, 1.807) is 12.1 Å². The van der Waals surface area contributed by atoms with Gasteiger partial charge in [0.2, 0.25) is 5.91 Å². The van der Waals surface area contributed by atoms with Crippen molar-refractivity contribution in [3.05, 3.63) is 60.1 Å². The van der Waals surface area contributed by atoms with E-state index in [0.717, 1.165) is 31.5 Å². The maximum atomic E-state index is 12.7. The number of benzene rings is 1. The van der Waals surface area contributed by atoms with E-state index in [1.165, 1.54) is 6.26 Å². The summed E-state index contributed by atoms with van der Waals surface area (Å²) in [5, 5.41) is 9.11. The number of carbonyl (C=O) groups excluding carboxylic acids is 2. The summed E-state index contributed by atoms with van der Waals surface area (Å²) in [5.41, 5.74) is 0.990. The molecule has 0 radical (unpaired) electrons. The van der Waals surface area contributed by atoms with Crippen molar-refractivity contribution in [1.82, 2.24) is 16.0 Å². The summed E-state index contributed by atoms with van der Waals surface area (Å²) in [6.07, 6.45) is 3.85. The Balaban J connectivity index is 1.68. The number of carbonyl (C=O) groups is 2. The summed E-state index contributed by atoms with van der Waals surface area (Å²) in [6.45, 7) is 1.74. The Morgan fingerprint density at radius 2 is 2.04 bits per heavy atom. The smallest absolute Gasteiger partial charge is 0.287 e. The monoisotopic (exact) mass is 341 g/mol. The molecule has 2 aromatic rings. The molecule has 1 aromatic carbocycles. The molecule has 1 saturated heterocycles. The van der Waals surface area contributed by atoms with Gasteiger partial charge in [0.25, 0.3) is 5.91 Å². The Bertz CT molecular complexity index is 679. The summed E-state index contributed by atoms with van der Waals surface area (Å²) in [7, 11) is 0. The Labute approximate surface area is 147 Å². The van der Waals surface area contributed by atoms with Gasteiger partial charge in [0, 0.05) is 19.0 Å². The van der Waals surface area contributed by atoms with Crippen molar-refractivity contribution in [2.24, 2.45) is 0 Å². The fourth-order valence-corrected chi connectivity index (χ4v) is 2.97. The largest absolute Gasteiger partial charge is 0.459 e. The van der Waals surface area contributed by atoms with E-state index >= 15 is 0 Å². The third-order valence-corrected chi connectivity index (χ3v) is 4.29. The molecule has 1 unspecified atom stereocenters. The van der Waals surface area contributed by atoms with Crippen LogP contribution in [0, 0.1) is 0 Å². The summed E-state index contributed by atoms with van der Waals surface area (Å²) in [5.74, 6) is -0.356. The van der Waals surface area contributed by atoms with Crippen LogP contribution in [0.1, 0.15) is 29.0 Å². The first-order valence-corrected chi connectivity index (χ1v) is 8.62. The van der Waals surface area contributed by atoms with Crippen LogP contribution in [0.25, 0.3) is 0 Å². The van der Waals surface area contributed by atoms with Crippen LogP contribution in [-0.4, -0.2) is 37.0 Å². The molecule has 1 aliphatic rings. The number of hydrogen-bond acceptors (Lipinski definition) is 4. The van der Waals surface area contributed by atoms with Gasteiger partial charge in [-0.15, -0.1) is 0 Å². The van der Waals surface area contributed by atoms with E-state index in [4.69, 9.17) is 4.42 Å². The molecular weight excluding hydrogens is 318 g/mol. The molecule has 1 aromatic heterocycles. The lowest BCUT2D eigenvalue weighted by Crippen LogP contribution is -2.53. The van der Waals surface area contributed by atoms with Crippen molar-refractivity contribution in [2.45, 2.75) is 31.3 Å². The predicted octanol–water partition coefficient (Wildman–Crippen LogP) is 1.49. The van der Waals surface area contributed by atoms with Gasteiger partial charge >= 0.3 is 0 Å². The minimum absolute atomic E-state index is 0.0973. The number of amides is 2. The molecule has 25 heavy (non-hydrogen) atoms. The van der Waals surface area contributed by atoms with Crippen molar-refractivity contribution in [3.63, 3.8) is 0 Å². The van der Waals surface area contributed by atoms with Crippen molar-refractivity contribution < 1.29 is 14.0 Å². The lowest BCUT2D eigenvalue weighted by Gasteiger charge is -2.26. The van der Waals surface area contributed by atoms with Gasteiger partial charge in [-0.25, -0.2) is 0 Å². The summed E-state index contributed by atoms with van der Waals surface area (Å²) < 4.78 is 5.12. The number of rotatable bonds is 6. The number of piperidine rings is 1. The van der Waals surface area contributed by atoms with Crippen molar-refractivity contribution >= 4 is 11.8 Å². The van der Waals surface area contributed by atoms with Crippen LogP contribution in [0.15, 0.2) is 53.1 Å². The first-order valence-electron chi connectivity index (χ1n) is 8.62. The minimum atomic E-state index is -0.651. The standard InChI is InChI=1S/C19H23N3O3/c23-18(21-15-8-4-10-20-13-15)16(12-14-6-2-1-3-7-14)22-19(24)17-9-5-11-25-17/h1-3,5-7,9,11,15-16,20H,4,8,10,12-13H2,(H,21,23)(H,22,24)/t15-,16?/m0/s1. The maximum Gasteiger partial charge on any atom is 0.287 e. The molecule has 0 spiro atoms. The highest BCUT2D eigenvalue weighted by molar-refractivity contribution is 5.95. The Hall–Kier alpha value is -2.60. The van der Waals surface area contributed by atoms with E-state index < -0.39 is 6.04 Å². The van der Waals surface area contributed by atoms with E-state index in [2.05, 4.69) is 16.0 Å². The van der Waals surface area contributed by atoms with Gasteiger partial charge in [0.1, 0.15) is 6.04 Å². The van der Waals surface area contributed by atoms with Gasteiger partial charge in [-0.05, 0) is 37.1 Å². The summed E-state index contributed by atoms with van der Waals surface area (Å²) in [6, 6.07) is 12.3. The SMILES string of the molecule is O=C(NC(Cc1ccccc1)C(=O)N[C@H]1CCCNC1)c1ccco1. The van der Waals surface area contributed by atoms with Crippen LogP contribution in [0.4, 0.5) is 0 Å². The molecule has 0 aliphatic carbocycles. The summed E-state index contributed by atoms with van der Waals surface area (Å²) >= 11 is 0. The van der Waals surface area contributed by atoms with Crippen molar-refractivity contribution in [3.8, 4) is 0 Å². The first-order chi connectivity index (χ1) is 12.2. The second-order valence-electron chi connectivity index (χ2n) is 6.24. The quantitative estimate of drug-likeness (QED) is 0.743. The molecule has 2 heterocycles. The molecule has 6 heteroatoms. The zero-order chi connectivity index (χ0) is 17.5. The molecule has 0 saturated carbocycles. The molecule has 1 fully saturated rings. The second kappa shape index (κ2) is 8.48. The van der Waals surface area contributed by atoms with Crippen LogP contribution in [0.3, 0.4) is 0 Å². The van der Waals surface area contributed by atoms with Gasteiger partial charge in [0.05, 0.1) is 6.26 Å². The van der Waals surface area contributed by atoms with Crippen molar-refractivity contribution in [2.75, 3.05) is 13.1 Å². The Kier molecular flexibility index (Phi) is 5.85.